The van der Waals surface area contributed by atoms with Gasteiger partial charge in [-0.3, -0.25) is 9.48 Å². The Morgan fingerprint density at radius 2 is 2.13 bits per heavy atom. The van der Waals surface area contributed by atoms with Crippen LogP contribution < -0.4 is 5.32 Å². The van der Waals surface area contributed by atoms with Crippen LogP contribution in [0.3, 0.4) is 0 Å². The van der Waals surface area contributed by atoms with Crippen LogP contribution in [-0.4, -0.2) is 27.3 Å². The van der Waals surface area contributed by atoms with Crippen LogP contribution in [0.1, 0.15) is 37.3 Å². The topological polar surface area (TPSA) is 69.0 Å². The maximum Gasteiger partial charge on any atom is 0.220 e. The van der Waals surface area contributed by atoms with E-state index in [1.165, 1.54) is 6.33 Å². The van der Waals surface area contributed by atoms with Gasteiger partial charge in [0.1, 0.15) is 12.7 Å². The molecule has 2 rings (SSSR count). The van der Waals surface area contributed by atoms with Crippen molar-refractivity contribution in [3.63, 3.8) is 0 Å². The van der Waals surface area contributed by atoms with Gasteiger partial charge in [-0.2, -0.15) is 5.10 Å². The second kappa shape index (κ2) is 9.74. The van der Waals surface area contributed by atoms with Crippen molar-refractivity contribution in [2.75, 3.05) is 6.61 Å². The summed E-state index contributed by atoms with van der Waals surface area (Å²) >= 11 is 0. The maximum atomic E-state index is 11.9. The van der Waals surface area contributed by atoms with Gasteiger partial charge in [0.25, 0.3) is 0 Å². The molecule has 0 aliphatic carbocycles. The van der Waals surface area contributed by atoms with Crippen molar-refractivity contribution in [2.45, 2.75) is 45.9 Å². The summed E-state index contributed by atoms with van der Waals surface area (Å²) in [5.41, 5.74) is 2.23. The Labute approximate surface area is 136 Å². The zero-order chi connectivity index (χ0) is 16.3. The molecule has 0 fully saturated rings. The average Bonchev–Trinajstić information content (AvgIpc) is 3.07. The fourth-order valence-electron chi connectivity index (χ4n) is 2.23. The Morgan fingerprint density at radius 1 is 1.30 bits per heavy atom. The zero-order valence-electron chi connectivity index (χ0n) is 13.6. The van der Waals surface area contributed by atoms with E-state index in [1.54, 1.807) is 11.0 Å². The van der Waals surface area contributed by atoms with Crippen LogP contribution in [-0.2, 0) is 29.2 Å². The van der Waals surface area contributed by atoms with Crippen LogP contribution in [0.2, 0.25) is 0 Å². The second-order valence-corrected chi connectivity index (χ2v) is 5.36. The molecule has 0 radical (unpaired) electrons. The highest BCUT2D eigenvalue weighted by atomic mass is 16.5. The van der Waals surface area contributed by atoms with Crippen LogP contribution in [0.25, 0.3) is 0 Å². The molecule has 0 atom stereocenters. The Hall–Kier alpha value is -2.21. The molecule has 1 N–H and O–H groups in total. The maximum absolute atomic E-state index is 11.9. The number of hydrogen-bond donors (Lipinski definition) is 1. The molecule has 1 amide bonds. The third-order valence-electron chi connectivity index (χ3n) is 3.46. The number of nitrogens with one attached hydrogen (secondary N) is 1. The van der Waals surface area contributed by atoms with Gasteiger partial charge in [-0.25, -0.2) is 4.98 Å². The number of nitrogens with zero attached hydrogens (tertiary/aromatic N) is 3. The molecule has 0 unspecified atom stereocenters. The number of ether oxygens (including phenoxy) is 1. The molecule has 2 aromatic rings. The molecule has 1 aromatic carbocycles. The minimum absolute atomic E-state index is 0.0504. The lowest BCUT2D eigenvalue weighted by molar-refractivity contribution is -0.121. The van der Waals surface area contributed by atoms with Crippen molar-refractivity contribution in [2.24, 2.45) is 0 Å². The molecule has 0 aliphatic rings. The van der Waals surface area contributed by atoms with Gasteiger partial charge in [-0.1, -0.05) is 31.2 Å². The molecule has 1 heterocycles. The molecule has 0 spiro atoms. The van der Waals surface area contributed by atoms with Crippen molar-refractivity contribution in [3.8, 4) is 0 Å². The first-order valence-corrected chi connectivity index (χ1v) is 8.03. The molecular weight excluding hydrogens is 292 g/mol. The summed E-state index contributed by atoms with van der Waals surface area (Å²) in [6.45, 7) is 4.67. The number of hydrogen-bond acceptors (Lipinski definition) is 4. The number of amides is 1. The molecule has 6 heteroatoms. The van der Waals surface area contributed by atoms with Gasteiger partial charge in [0, 0.05) is 26.1 Å². The number of aryl methyl sites for hydroxylation is 1. The molecule has 23 heavy (non-hydrogen) atoms. The monoisotopic (exact) mass is 316 g/mol. The lowest BCUT2D eigenvalue weighted by Crippen LogP contribution is -2.23. The summed E-state index contributed by atoms with van der Waals surface area (Å²) in [6.07, 6.45) is 5.39. The number of benzene rings is 1. The van der Waals surface area contributed by atoms with Crippen molar-refractivity contribution >= 4 is 5.91 Å². The lowest BCUT2D eigenvalue weighted by atomic mass is 10.1. The van der Waals surface area contributed by atoms with Crippen LogP contribution in [0.4, 0.5) is 0 Å². The third kappa shape index (κ3) is 6.20. The lowest BCUT2D eigenvalue weighted by Gasteiger charge is -2.11. The normalized spacial score (nSPS) is 10.7. The summed E-state index contributed by atoms with van der Waals surface area (Å²) in [7, 11) is 0. The SMILES string of the molecule is CCCOCc1ccccc1CNC(=O)CCCn1cncn1. The van der Waals surface area contributed by atoms with E-state index in [9.17, 15) is 4.79 Å². The first kappa shape index (κ1) is 17.1. The van der Waals surface area contributed by atoms with Crippen molar-refractivity contribution < 1.29 is 9.53 Å². The molecule has 124 valence electrons. The quantitative estimate of drug-likeness (QED) is 0.683. The molecule has 6 nitrogen and oxygen atoms in total. The average molecular weight is 316 g/mol. The van der Waals surface area contributed by atoms with Crippen molar-refractivity contribution in [3.05, 3.63) is 48.0 Å². The van der Waals surface area contributed by atoms with Gasteiger partial charge >= 0.3 is 0 Å². The van der Waals surface area contributed by atoms with E-state index in [2.05, 4.69) is 22.3 Å². The molecule has 1 aromatic heterocycles. The first-order valence-electron chi connectivity index (χ1n) is 8.03. The Morgan fingerprint density at radius 3 is 2.87 bits per heavy atom. The summed E-state index contributed by atoms with van der Waals surface area (Å²) in [6, 6.07) is 8.05. The number of carbonyl (C=O) groups is 1. The van der Waals surface area contributed by atoms with Crippen LogP contribution in [0.5, 0.6) is 0 Å². The summed E-state index contributed by atoms with van der Waals surface area (Å²) in [5, 5.41) is 6.98. The van der Waals surface area contributed by atoms with E-state index >= 15 is 0 Å². The second-order valence-electron chi connectivity index (χ2n) is 5.36. The van der Waals surface area contributed by atoms with E-state index < -0.39 is 0 Å². The third-order valence-corrected chi connectivity index (χ3v) is 3.46. The Bertz CT molecular complexity index is 584. The Balaban J connectivity index is 1.72. The van der Waals surface area contributed by atoms with Crippen molar-refractivity contribution in [1.29, 1.82) is 0 Å². The molecule has 0 saturated heterocycles. The highest BCUT2D eigenvalue weighted by molar-refractivity contribution is 5.75. The summed E-state index contributed by atoms with van der Waals surface area (Å²) < 4.78 is 7.32. The summed E-state index contributed by atoms with van der Waals surface area (Å²) in [4.78, 5) is 15.8. The highest BCUT2D eigenvalue weighted by Gasteiger charge is 2.05. The smallest absolute Gasteiger partial charge is 0.220 e. The largest absolute Gasteiger partial charge is 0.377 e. The van der Waals surface area contributed by atoms with Gasteiger partial charge in [0.2, 0.25) is 5.91 Å². The van der Waals surface area contributed by atoms with Crippen LogP contribution in [0.15, 0.2) is 36.9 Å². The zero-order valence-corrected chi connectivity index (χ0v) is 13.6. The van der Waals surface area contributed by atoms with Gasteiger partial charge < -0.3 is 10.1 Å². The van der Waals surface area contributed by atoms with E-state index in [-0.39, 0.29) is 5.91 Å². The summed E-state index contributed by atoms with van der Waals surface area (Å²) in [5.74, 6) is 0.0504. The van der Waals surface area contributed by atoms with Gasteiger partial charge in [-0.05, 0) is 24.0 Å². The van der Waals surface area contributed by atoms with E-state index in [0.717, 1.165) is 30.6 Å². The fourth-order valence-corrected chi connectivity index (χ4v) is 2.23. The van der Waals surface area contributed by atoms with E-state index in [1.807, 2.05) is 24.3 Å². The van der Waals surface area contributed by atoms with E-state index in [4.69, 9.17) is 4.74 Å². The van der Waals surface area contributed by atoms with E-state index in [0.29, 0.717) is 26.1 Å². The highest BCUT2D eigenvalue weighted by Crippen LogP contribution is 2.10. The van der Waals surface area contributed by atoms with Gasteiger partial charge in [-0.15, -0.1) is 0 Å². The van der Waals surface area contributed by atoms with Gasteiger partial charge in [0.05, 0.1) is 6.61 Å². The van der Waals surface area contributed by atoms with Crippen LogP contribution in [0, 0.1) is 0 Å². The minimum atomic E-state index is 0.0504. The van der Waals surface area contributed by atoms with Crippen molar-refractivity contribution in [1.82, 2.24) is 20.1 Å². The van der Waals surface area contributed by atoms with Gasteiger partial charge in [0.15, 0.2) is 0 Å². The number of aromatic nitrogens is 3. The molecule has 0 aliphatic heterocycles. The Kier molecular flexibility index (Phi) is 7.26. The number of rotatable bonds is 10. The number of carbonyl (C=O) groups excluding carboxylic acids is 1. The standard InChI is InChI=1S/C17H24N4O2/c1-2-10-23-12-16-7-4-3-6-15(16)11-19-17(22)8-5-9-21-14-18-13-20-21/h3-4,6-7,13-14H,2,5,8-12H2,1H3,(H,19,22). The van der Waals surface area contributed by atoms with Crippen LogP contribution >= 0.6 is 0 Å². The minimum Gasteiger partial charge on any atom is -0.377 e. The predicted octanol–water partition coefficient (Wildman–Crippen LogP) is 2.30. The first-order chi connectivity index (χ1) is 11.3. The predicted molar refractivity (Wildman–Crippen MR) is 87.5 cm³/mol. The molecule has 0 saturated carbocycles. The molecule has 0 bridgehead atoms. The molecular formula is C17H24N4O2. The fraction of sp³-hybridized carbons (Fsp3) is 0.471.